The van der Waals surface area contributed by atoms with Gasteiger partial charge in [0, 0.05) is 36.0 Å². The fraction of sp³-hybridized carbons (Fsp3) is 0.222. The number of amides is 1. The van der Waals surface area contributed by atoms with Crippen molar-refractivity contribution in [1.82, 2.24) is 15.0 Å². The quantitative estimate of drug-likeness (QED) is 0.701. The Morgan fingerprint density at radius 3 is 2.70 bits per heavy atom. The highest BCUT2D eigenvalue weighted by Crippen LogP contribution is 2.22. The molecule has 2 N–H and O–H groups in total. The van der Waals surface area contributed by atoms with Crippen molar-refractivity contribution in [2.45, 2.75) is 0 Å². The minimum absolute atomic E-state index is 0.249. The van der Waals surface area contributed by atoms with Crippen molar-refractivity contribution in [2.24, 2.45) is 0 Å². The van der Waals surface area contributed by atoms with E-state index in [4.69, 9.17) is 4.74 Å². The average molecular weight is 382 g/mol. The molecule has 1 amide bonds. The molecule has 0 spiro atoms. The van der Waals surface area contributed by atoms with Gasteiger partial charge < -0.3 is 20.3 Å². The number of anilines is 4. The summed E-state index contributed by atoms with van der Waals surface area (Å²) in [5.41, 5.74) is 2.21. The molecule has 3 heterocycles. The fourth-order valence-corrected chi connectivity index (χ4v) is 3.38. The van der Waals surface area contributed by atoms with Crippen molar-refractivity contribution in [3.8, 4) is 0 Å². The molecule has 2 aromatic heterocycles. The number of rotatable bonds is 5. The number of nitrogens with zero attached hydrogens (tertiary/aromatic N) is 4. The summed E-state index contributed by atoms with van der Waals surface area (Å²) in [5, 5.41) is 8.23. The maximum atomic E-state index is 12.4. The van der Waals surface area contributed by atoms with E-state index >= 15 is 0 Å². The third-order valence-electron chi connectivity index (χ3n) is 4.06. The van der Waals surface area contributed by atoms with E-state index in [2.05, 4.69) is 30.5 Å². The summed E-state index contributed by atoms with van der Waals surface area (Å²) >= 11 is 1.34. The Morgan fingerprint density at radius 2 is 1.96 bits per heavy atom. The predicted octanol–water partition coefficient (Wildman–Crippen LogP) is 2.77. The number of hydrogen-bond acceptors (Lipinski definition) is 8. The second-order valence-electron chi connectivity index (χ2n) is 5.86. The van der Waals surface area contributed by atoms with Crippen LogP contribution in [-0.2, 0) is 4.74 Å². The third kappa shape index (κ3) is 4.39. The summed E-state index contributed by atoms with van der Waals surface area (Å²) in [7, 11) is 0. The largest absolute Gasteiger partial charge is 0.378 e. The summed E-state index contributed by atoms with van der Waals surface area (Å²) in [5.74, 6) is 0.381. The highest BCUT2D eigenvalue weighted by Gasteiger charge is 2.13. The number of nitrogens with one attached hydrogen (secondary N) is 2. The van der Waals surface area contributed by atoms with E-state index in [1.807, 2.05) is 24.3 Å². The lowest BCUT2D eigenvalue weighted by Crippen LogP contribution is -2.36. The van der Waals surface area contributed by atoms with E-state index in [1.54, 1.807) is 17.6 Å². The highest BCUT2D eigenvalue weighted by molar-refractivity contribution is 7.14. The van der Waals surface area contributed by atoms with Crippen molar-refractivity contribution in [1.29, 1.82) is 0 Å². The number of hydrogen-bond donors (Lipinski definition) is 2. The van der Waals surface area contributed by atoms with Crippen molar-refractivity contribution < 1.29 is 9.53 Å². The second kappa shape index (κ2) is 8.11. The van der Waals surface area contributed by atoms with Crippen LogP contribution in [-0.4, -0.2) is 47.2 Å². The Labute approximate surface area is 160 Å². The monoisotopic (exact) mass is 382 g/mol. The zero-order chi connectivity index (χ0) is 18.5. The molecule has 3 aromatic rings. The minimum atomic E-state index is -0.249. The first-order valence-electron chi connectivity index (χ1n) is 8.50. The zero-order valence-electron chi connectivity index (χ0n) is 14.5. The molecule has 0 aliphatic carbocycles. The Kier molecular flexibility index (Phi) is 5.22. The van der Waals surface area contributed by atoms with Crippen LogP contribution in [0.2, 0.25) is 0 Å². The molecule has 0 bridgehead atoms. The fourth-order valence-electron chi connectivity index (χ4n) is 2.68. The van der Waals surface area contributed by atoms with Gasteiger partial charge in [-0.25, -0.2) is 15.0 Å². The van der Waals surface area contributed by atoms with E-state index in [1.165, 1.54) is 17.7 Å². The van der Waals surface area contributed by atoms with Gasteiger partial charge in [0.05, 0.1) is 13.2 Å². The smallest absolute Gasteiger partial charge is 0.275 e. The number of thiazole rings is 1. The first kappa shape index (κ1) is 17.4. The van der Waals surface area contributed by atoms with Crippen LogP contribution in [0, 0.1) is 0 Å². The summed E-state index contributed by atoms with van der Waals surface area (Å²) in [6.45, 7) is 3.25. The molecule has 27 heavy (non-hydrogen) atoms. The molecule has 1 saturated heterocycles. The Balaban J connectivity index is 1.37. The van der Waals surface area contributed by atoms with Gasteiger partial charge in [0.15, 0.2) is 5.13 Å². The van der Waals surface area contributed by atoms with Crippen LogP contribution in [0.3, 0.4) is 0 Å². The van der Waals surface area contributed by atoms with E-state index in [9.17, 15) is 4.79 Å². The summed E-state index contributed by atoms with van der Waals surface area (Å²) < 4.78 is 5.37. The number of carbonyl (C=O) groups is 1. The normalized spacial score (nSPS) is 14.0. The lowest BCUT2D eigenvalue weighted by Gasteiger charge is -2.28. The van der Waals surface area contributed by atoms with Gasteiger partial charge in [-0.1, -0.05) is 0 Å². The van der Waals surface area contributed by atoms with Crippen LogP contribution in [0.4, 0.5) is 22.3 Å². The second-order valence-corrected chi connectivity index (χ2v) is 6.72. The third-order valence-corrected chi connectivity index (χ3v) is 4.81. The molecule has 4 rings (SSSR count). The van der Waals surface area contributed by atoms with Crippen molar-refractivity contribution in [2.75, 3.05) is 41.8 Å². The van der Waals surface area contributed by atoms with E-state index in [0.29, 0.717) is 16.6 Å². The van der Waals surface area contributed by atoms with E-state index in [-0.39, 0.29) is 5.91 Å². The van der Waals surface area contributed by atoms with Gasteiger partial charge >= 0.3 is 0 Å². The van der Waals surface area contributed by atoms with E-state index < -0.39 is 0 Å². The zero-order valence-corrected chi connectivity index (χ0v) is 15.3. The van der Waals surface area contributed by atoms with Crippen LogP contribution in [0.25, 0.3) is 0 Å². The van der Waals surface area contributed by atoms with Crippen LogP contribution in [0.5, 0.6) is 0 Å². The first-order valence-corrected chi connectivity index (χ1v) is 9.38. The first-order chi connectivity index (χ1) is 13.3. The molecule has 9 heteroatoms. The van der Waals surface area contributed by atoms with Gasteiger partial charge in [0.25, 0.3) is 5.91 Å². The topological polar surface area (TPSA) is 92.3 Å². The van der Waals surface area contributed by atoms with Crippen LogP contribution < -0.4 is 15.5 Å². The Hall–Kier alpha value is -3.04. The number of carbonyl (C=O) groups excluding carboxylic acids is 1. The highest BCUT2D eigenvalue weighted by atomic mass is 32.1. The number of benzene rings is 1. The molecule has 1 aromatic carbocycles. The molecule has 0 radical (unpaired) electrons. The number of aromatic nitrogens is 3. The number of morpholine rings is 1. The van der Waals surface area contributed by atoms with Crippen LogP contribution in [0.15, 0.2) is 48.2 Å². The molecule has 8 nitrogen and oxygen atoms in total. The van der Waals surface area contributed by atoms with Crippen molar-refractivity contribution in [3.63, 3.8) is 0 Å². The lowest BCUT2D eigenvalue weighted by atomic mass is 10.2. The average Bonchev–Trinajstić information content (AvgIpc) is 3.19. The summed E-state index contributed by atoms with van der Waals surface area (Å²) in [4.78, 5) is 26.9. The molecule has 1 fully saturated rings. The summed E-state index contributed by atoms with van der Waals surface area (Å²) in [6.07, 6.45) is 3.08. The van der Waals surface area contributed by atoms with Crippen molar-refractivity contribution >= 4 is 39.6 Å². The number of ether oxygens (including phenoxy) is 1. The Morgan fingerprint density at radius 1 is 1.15 bits per heavy atom. The van der Waals surface area contributed by atoms with Crippen molar-refractivity contribution in [3.05, 3.63) is 53.9 Å². The van der Waals surface area contributed by atoms with Crippen LogP contribution >= 0.6 is 11.3 Å². The minimum Gasteiger partial charge on any atom is -0.378 e. The lowest BCUT2D eigenvalue weighted by molar-refractivity contribution is 0.102. The van der Waals surface area contributed by atoms with E-state index in [0.717, 1.165) is 37.7 Å². The molecule has 0 saturated carbocycles. The van der Waals surface area contributed by atoms with Gasteiger partial charge in [-0.15, -0.1) is 11.3 Å². The molecule has 1 aliphatic heterocycles. The molecule has 1 aliphatic rings. The standard InChI is InChI=1S/C18H18N6O2S/c25-17(15-11-27-18(22-15)23-16-5-6-19-12-20-16)21-13-1-3-14(4-2-13)24-7-9-26-10-8-24/h1-6,11-12H,7-10H2,(H,21,25)(H,19,20,22,23). The van der Waals surface area contributed by atoms with Crippen LogP contribution in [0.1, 0.15) is 10.5 Å². The molecule has 0 unspecified atom stereocenters. The molecule has 138 valence electrons. The Bertz CT molecular complexity index is 894. The van der Waals surface area contributed by atoms with Gasteiger partial charge in [-0.05, 0) is 30.3 Å². The maximum absolute atomic E-state index is 12.4. The predicted molar refractivity (Wildman–Crippen MR) is 105 cm³/mol. The van der Waals surface area contributed by atoms with Gasteiger partial charge in [-0.2, -0.15) is 0 Å². The SMILES string of the molecule is O=C(Nc1ccc(N2CCOCC2)cc1)c1csc(Nc2ccncn2)n1. The van der Waals surface area contributed by atoms with Gasteiger partial charge in [-0.3, -0.25) is 4.79 Å². The summed E-state index contributed by atoms with van der Waals surface area (Å²) in [6, 6.07) is 9.54. The molecule has 0 atom stereocenters. The van der Waals surface area contributed by atoms with Gasteiger partial charge in [0.1, 0.15) is 17.8 Å². The van der Waals surface area contributed by atoms with Gasteiger partial charge in [0.2, 0.25) is 0 Å². The maximum Gasteiger partial charge on any atom is 0.275 e. The molecular weight excluding hydrogens is 364 g/mol. The molecular formula is C18H18N6O2S.